The van der Waals surface area contributed by atoms with Crippen LogP contribution in [0.1, 0.15) is 72.6 Å². The second kappa shape index (κ2) is 14.2. The van der Waals surface area contributed by atoms with Gasteiger partial charge in [0.2, 0.25) is 5.91 Å². The molecule has 51 heavy (non-hydrogen) atoms. The first-order valence-electron chi connectivity index (χ1n) is 18.8. The van der Waals surface area contributed by atoms with Gasteiger partial charge in [0.05, 0.1) is 19.0 Å². The average molecular weight is 707 g/mol. The van der Waals surface area contributed by atoms with Crippen LogP contribution in [0.4, 0.5) is 5.82 Å². The van der Waals surface area contributed by atoms with E-state index >= 15 is 0 Å². The maximum atomic E-state index is 13.7. The van der Waals surface area contributed by atoms with Crippen molar-refractivity contribution in [2.75, 3.05) is 51.7 Å². The van der Waals surface area contributed by atoms with Crippen molar-refractivity contribution < 1.29 is 24.2 Å². The molecule has 2 aromatic rings. The third kappa shape index (κ3) is 6.58. The quantitative estimate of drug-likeness (QED) is 0.261. The number of aliphatic hydroxyl groups is 1. The first-order chi connectivity index (χ1) is 24.1. The molecule has 1 aliphatic heterocycles. The number of aliphatic hydroxyl groups excluding tert-OH is 1. The number of anilines is 1. The summed E-state index contributed by atoms with van der Waals surface area (Å²) in [5.74, 6) is 0.447. The zero-order chi connectivity index (χ0) is 36.9. The summed E-state index contributed by atoms with van der Waals surface area (Å²) >= 11 is 0. The lowest BCUT2D eigenvalue weighted by molar-refractivity contribution is -0.207. The summed E-state index contributed by atoms with van der Waals surface area (Å²) in [6, 6.07) is 0.118. The van der Waals surface area contributed by atoms with Crippen LogP contribution >= 0.6 is 0 Å². The van der Waals surface area contributed by atoms with Gasteiger partial charge in [-0.2, -0.15) is 0 Å². The number of Topliss-reactive ketones (excluding diaryl/α,β-unsaturated/α-hetero) is 1. The first kappa shape index (κ1) is 37.3. The fourth-order valence-electron chi connectivity index (χ4n) is 10.1. The van der Waals surface area contributed by atoms with Gasteiger partial charge < -0.3 is 29.9 Å². The number of carbonyl (C=O) groups excluding carboxylic acids is 3. The van der Waals surface area contributed by atoms with Gasteiger partial charge in [-0.3, -0.25) is 19.3 Å². The Bertz CT molecular complexity index is 1650. The molecular weight excluding hydrogens is 648 g/mol. The minimum absolute atomic E-state index is 0.0254. The SMILES string of the molecule is C=C[C@]1(C)C[C@@H](OC(=O)CN(C)CCN(C)C(=O)CCn2cnc3c(N4CCC(N)C4)ncnc32)[C@]2(C)[C@H](C)CC[C@]3(CCC(=O)[C@@H]32)[C@@H](C)[C@@H]1O. The molecule has 2 aromatic heterocycles. The Hall–Kier alpha value is -3.42. The Morgan fingerprint density at radius 2 is 1.92 bits per heavy atom. The van der Waals surface area contributed by atoms with Crippen LogP contribution in [0.15, 0.2) is 25.3 Å². The number of fused-ring (bicyclic) bond motifs is 1. The summed E-state index contributed by atoms with van der Waals surface area (Å²) in [6.07, 6.45) is 8.48. The third-order valence-electron chi connectivity index (χ3n) is 13.7. The van der Waals surface area contributed by atoms with Gasteiger partial charge in [0.1, 0.15) is 18.2 Å². The van der Waals surface area contributed by atoms with Gasteiger partial charge in [-0.15, -0.1) is 6.58 Å². The number of hydrogen-bond donors (Lipinski definition) is 2. The number of esters is 1. The molecule has 280 valence electrons. The zero-order valence-electron chi connectivity index (χ0n) is 31.4. The van der Waals surface area contributed by atoms with E-state index in [9.17, 15) is 19.5 Å². The molecule has 6 rings (SSSR count). The van der Waals surface area contributed by atoms with Crippen molar-refractivity contribution >= 4 is 34.6 Å². The number of carbonyl (C=O) groups is 3. The van der Waals surface area contributed by atoms with Crippen LogP contribution in [0.2, 0.25) is 0 Å². The second-order valence-electron chi connectivity index (χ2n) is 16.7. The number of likely N-dealkylation sites (N-methyl/N-ethyl adjacent to an activating group) is 2. The van der Waals surface area contributed by atoms with Gasteiger partial charge in [-0.05, 0) is 56.4 Å². The first-order valence-corrected chi connectivity index (χ1v) is 18.8. The molecule has 1 saturated heterocycles. The standard InChI is InChI=1S/C38H58N8O5/c1-8-36(4)19-28(37(5)24(2)9-13-38(25(3)33(36)50)14-10-27(47)32(37)38)51-30(49)21-43(6)17-18-44(7)29(48)12-16-46-23-42-31-34(40-22-41-35(31)46)45-15-11-26(39)20-45/h8,22-26,28,32-33,50H,1,9-21,39H2,2-7H3/t24-,25+,26?,28-,32-,33+,36-,37+,38+/m1/s1. The van der Waals surface area contributed by atoms with Crippen molar-refractivity contribution in [2.24, 2.45) is 39.7 Å². The molecule has 4 aliphatic rings. The summed E-state index contributed by atoms with van der Waals surface area (Å²) < 4.78 is 8.29. The number of aromatic nitrogens is 4. The highest BCUT2D eigenvalue weighted by Crippen LogP contribution is 2.68. The van der Waals surface area contributed by atoms with Crippen LogP contribution in [0.3, 0.4) is 0 Å². The van der Waals surface area contributed by atoms with Crippen LogP contribution in [0.25, 0.3) is 11.2 Å². The van der Waals surface area contributed by atoms with Crippen molar-refractivity contribution in [1.82, 2.24) is 29.3 Å². The molecule has 2 bridgehead atoms. The number of nitrogens with two attached hydrogens (primary N) is 1. The van der Waals surface area contributed by atoms with Gasteiger partial charge in [0.25, 0.3) is 0 Å². The van der Waals surface area contributed by atoms with Crippen molar-refractivity contribution in [1.29, 1.82) is 0 Å². The second-order valence-corrected chi connectivity index (χ2v) is 16.7. The van der Waals surface area contributed by atoms with Gasteiger partial charge in [0.15, 0.2) is 17.0 Å². The van der Waals surface area contributed by atoms with E-state index in [4.69, 9.17) is 10.5 Å². The van der Waals surface area contributed by atoms with E-state index < -0.39 is 23.0 Å². The maximum Gasteiger partial charge on any atom is 0.320 e. The monoisotopic (exact) mass is 706 g/mol. The molecule has 3 saturated carbocycles. The van der Waals surface area contributed by atoms with Gasteiger partial charge in [-0.1, -0.05) is 33.8 Å². The van der Waals surface area contributed by atoms with Gasteiger partial charge in [0, 0.05) is 75.4 Å². The highest BCUT2D eigenvalue weighted by molar-refractivity contribution is 5.86. The minimum atomic E-state index is -0.703. The van der Waals surface area contributed by atoms with Gasteiger partial charge >= 0.3 is 5.97 Å². The number of ether oxygens (including phenoxy) is 1. The van der Waals surface area contributed by atoms with Crippen molar-refractivity contribution in [3.63, 3.8) is 0 Å². The fraction of sp³-hybridized carbons (Fsp3) is 0.737. The number of rotatable bonds is 11. The Kier molecular flexibility index (Phi) is 10.4. The topological polar surface area (TPSA) is 160 Å². The minimum Gasteiger partial charge on any atom is -0.461 e. The highest BCUT2D eigenvalue weighted by atomic mass is 16.5. The fourth-order valence-corrected chi connectivity index (χ4v) is 10.1. The lowest BCUT2D eigenvalue weighted by atomic mass is 9.44. The van der Waals surface area contributed by atoms with E-state index in [1.165, 1.54) is 6.33 Å². The predicted octanol–water partition coefficient (Wildman–Crippen LogP) is 3.05. The molecule has 3 N–H and O–H groups in total. The Morgan fingerprint density at radius 3 is 2.63 bits per heavy atom. The van der Waals surface area contributed by atoms with Crippen molar-refractivity contribution in [3.8, 4) is 0 Å². The normalized spacial score (nSPS) is 35.1. The lowest BCUT2D eigenvalue weighted by Crippen LogP contribution is -2.63. The number of imidazole rings is 1. The molecule has 3 heterocycles. The summed E-state index contributed by atoms with van der Waals surface area (Å²) in [5.41, 5.74) is 5.95. The van der Waals surface area contributed by atoms with E-state index in [0.717, 1.165) is 44.6 Å². The van der Waals surface area contributed by atoms with E-state index in [1.54, 1.807) is 18.3 Å². The van der Waals surface area contributed by atoms with Crippen LogP contribution in [-0.4, -0.2) is 117 Å². The molecule has 9 atom stereocenters. The number of ketones is 1. The molecule has 3 aliphatic carbocycles. The summed E-state index contributed by atoms with van der Waals surface area (Å²) in [6.45, 7) is 15.5. The Morgan fingerprint density at radius 1 is 1.16 bits per heavy atom. The number of amides is 1. The van der Waals surface area contributed by atoms with Gasteiger partial charge in [-0.25, -0.2) is 15.0 Å². The van der Waals surface area contributed by atoms with Crippen LogP contribution in [-0.2, 0) is 25.7 Å². The number of nitrogens with zero attached hydrogens (tertiary/aromatic N) is 7. The lowest BCUT2D eigenvalue weighted by Gasteiger charge is -2.61. The highest BCUT2D eigenvalue weighted by Gasteiger charge is 2.68. The molecule has 0 aromatic carbocycles. The smallest absolute Gasteiger partial charge is 0.320 e. The molecule has 4 fully saturated rings. The van der Waals surface area contributed by atoms with E-state index in [2.05, 4.69) is 47.2 Å². The van der Waals surface area contributed by atoms with Crippen molar-refractivity contribution in [3.05, 3.63) is 25.3 Å². The summed E-state index contributed by atoms with van der Waals surface area (Å²) in [5, 5.41) is 11.8. The van der Waals surface area contributed by atoms with E-state index in [1.807, 2.05) is 29.5 Å². The molecule has 13 heteroatoms. The zero-order valence-corrected chi connectivity index (χ0v) is 31.4. The number of hydrogen-bond acceptors (Lipinski definition) is 11. The largest absolute Gasteiger partial charge is 0.461 e. The van der Waals surface area contributed by atoms with Crippen LogP contribution < -0.4 is 10.6 Å². The molecule has 0 radical (unpaired) electrons. The maximum absolute atomic E-state index is 13.7. The Labute approximate surface area is 302 Å². The van der Waals surface area contributed by atoms with E-state index in [0.29, 0.717) is 43.6 Å². The third-order valence-corrected chi connectivity index (χ3v) is 13.7. The van der Waals surface area contributed by atoms with E-state index in [-0.39, 0.29) is 59.8 Å². The average Bonchev–Trinajstić information content (AvgIpc) is 3.83. The molecule has 1 unspecified atom stereocenters. The molecular formula is C38H58N8O5. The molecule has 0 spiro atoms. The number of aryl methyl sites for hydroxylation is 1. The van der Waals surface area contributed by atoms with Crippen molar-refractivity contribution in [2.45, 2.75) is 97.4 Å². The summed E-state index contributed by atoms with van der Waals surface area (Å²) in [4.78, 5) is 59.6. The van der Waals surface area contributed by atoms with Crippen LogP contribution in [0.5, 0.6) is 0 Å². The summed E-state index contributed by atoms with van der Waals surface area (Å²) in [7, 11) is 3.61. The molecule has 13 nitrogen and oxygen atoms in total. The van der Waals surface area contributed by atoms with Crippen LogP contribution in [0, 0.1) is 34.0 Å². The Balaban J connectivity index is 1.06. The predicted molar refractivity (Wildman–Crippen MR) is 195 cm³/mol. The molecule has 1 amide bonds.